The molecule has 1 amide bonds. The molecule has 1 atom stereocenters. The van der Waals surface area contributed by atoms with E-state index >= 15 is 0 Å². The van der Waals surface area contributed by atoms with Gasteiger partial charge in [-0.1, -0.05) is 13.3 Å². The number of nitrogens with zero attached hydrogens (tertiary/aromatic N) is 1. The summed E-state index contributed by atoms with van der Waals surface area (Å²) in [4.78, 5) is 17.5. The van der Waals surface area contributed by atoms with Gasteiger partial charge in [-0.3, -0.25) is 4.79 Å². The highest BCUT2D eigenvalue weighted by Crippen LogP contribution is 2.29. The largest absolute Gasteiger partial charge is 0.320 e. The fourth-order valence-corrected chi connectivity index (χ4v) is 3.10. The lowest BCUT2D eigenvalue weighted by Gasteiger charge is -2.08. The molecule has 1 aliphatic rings. The van der Waals surface area contributed by atoms with Crippen LogP contribution < -0.4 is 11.1 Å². The van der Waals surface area contributed by atoms with Crippen molar-refractivity contribution in [3.05, 3.63) is 10.6 Å². The van der Waals surface area contributed by atoms with E-state index in [1.54, 1.807) is 11.3 Å². The minimum Gasteiger partial charge on any atom is -0.320 e. The zero-order chi connectivity index (χ0) is 12.3. The summed E-state index contributed by atoms with van der Waals surface area (Å²) in [7, 11) is 0. The Morgan fingerprint density at radius 1 is 1.53 bits per heavy atom. The van der Waals surface area contributed by atoms with Crippen LogP contribution in [0.4, 0.5) is 5.13 Å². The molecule has 0 unspecified atom stereocenters. The zero-order valence-corrected chi connectivity index (χ0v) is 11.0. The van der Waals surface area contributed by atoms with E-state index in [9.17, 15) is 4.79 Å². The number of aryl methyl sites for hydroxylation is 2. The maximum absolute atomic E-state index is 11.7. The van der Waals surface area contributed by atoms with Crippen molar-refractivity contribution in [2.45, 2.75) is 51.5 Å². The van der Waals surface area contributed by atoms with Gasteiger partial charge >= 0.3 is 0 Å². The lowest BCUT2D eigenvalue weighted by molar-refractivity contribution is -0.117. The number of fused-ring (bicyclic) bond motifs is 1. The first-order valence-corrected chi connectivity index (χ1v) is 7.07. The Morgan fingerprint density at radius 2 is 2.29 bits per heavy atom. The van der Waals surface area contributed by atoms with Crippen LogP contribution in [0.5, 0.6) is 0 Å². The highest BCUT2D eigenvalue weighted by molar-refractivity contribution is 7.15. The third kappa shape index (κ3) is 3.04. The van der Waals surface area contributed by atoms with Crippen molar-refractivity contribution in [1.29, 1.82) is 0 Å². The summed E-state index contributed by atoms with van der Waals surface area (Å²) in [5.74, 6) is -0.113. The van der Waals surface area contributed by atoms with E-state index in [2.05, 4.69) is 10.3 Å². The lowest BCUT2D eigenvalue weighted by atomic mass is 10.0. The number of amides is 1. The molecule has 5 heteroatoms. The van der Waals surface area contributed by atoms with Crippen molar-refractivity contribution in [1.82, 2.24) is 4.98 Å². The second kappa shape index (κ2) is 5.60. The molecule has 0 aromatic carbocycles. The third-order valence-electron chi connectivity index (χ3n) is 3.01. The molecule has 0 fully saturated rings. The topological polar surface area (TPSA) is 68.0 Å². The molecular weight excluding hydrogens is 234 g/mol. The first-order valence-electron chi connectivity index (χ1n) is 6.25. The summed E-state index contributed by atoms with van der Waals surface area (Å²) in [6.07, 6.45) is 6.23. The number of thiazole rings is 1. The number of carbonyl (C=O) groups excluding carboxylic acids is 1. The molecule has 2 rings (SSSR count). The van der Waals surface area contributed by atoms with Crippen LogP contribution in [-0.2, 0) is 17.6 Å². The van der Waals surface area contributed by atoms with Crippen LogP contribution in [0.25, 0.3) is 0 Å². The molecule has 0 radical (unpaired) electrons. The van der Waals surface area contributed by atoms with E-state index in [-0.39, 0.29) is 5.91 Å². The van der Waals surface area contributed by atoms with Crippen molar-refractivity contribution in [3.63, 3.8) is 0 Å². The van der Waals surface area contributed by atoms with E-state index in [1.807, 2.05) is 6.92 Å². The van der Waals surface area contributed by atoms with E-state index < -0.39 is 6.04 Å². The lowest BCUT2D eigenvalue weighted by Crippen LogP contribution is -2.35. The Balaban J connectivity index is 1.99. The molecule has 1 aliphatic carbocycles. The first-order chi connectivity index (χ1) is 8.20. The number of rotatable bonds is 4. The molecule has 1 aromatic rings. The van der Waals surface area contributed by atoms with Crippen LogP contribution in [-0.4, -0.2) is 16.9 Å². The number of anilines is 1. The number of nitrogens with one attached hydrogen (secondary N) is 1. The number of nitrogens with two attached hydrogens (primary N) is 1. The van der Waals surface area contributed by atoms with Crippen LogP contribution in [0.1, 0.15) is 43.2 Å². The van der Waals surface area contributed by atoms with Crippen LogP contribution in [0.2, 0.25) is 0 Å². The second-order valence-electron chi connectivity index (χ2n) is 4.48. The predicted molar refractivity (Wildman–Crippen MR) is 70.3 cm³/mol. The molecule has 94 valence electrons. The van der Waals surface area contributed by atoms with Gasteiger partial charge in [0, 0.05) is 4.88 Å². The molecule has 0 saturated carbocycles. The maximum Gasteiger partial charge on any atom is 0.243 e. The second-order valence-corrected chi connectivity index (χ2v) is 5.56. The fraction of sp³-hybridized carbons (Fsp3) is 0.667. The Hall–Kier alpha value is -0.940. The van der Waals surface area contributed by atoms with Crippen molar-refractivity contribution in [2.24, 2.45) is 5.73 Å². The minimum atomic E-state index is -0.416. The predicted octanol–water partition coefficient (Wildman–Crippen LogP) is 2.09. The molecule has 4 nitrogen and oxygen atoms in total. The Labute approximate surface area is 106 Å². The molecule has 0 bridgehead atoms. The monoisotopic (exact) mass is 253 g/mol. The van der Waals surface area contributed by atoms with Gasteiger partial charge in [-0.15, -0.1) is 11.3 Å². The molecule has 17 heavy (non-hydrogen) atoms. The Bertz CT molecular complexity index is 379. The van der Waals surface area contributed by atoms with Gasteiger partial charge in [0.1, 0.15) is 0 Å². The summed E-state index contributed by atoms with van der Waals surface area (Å²) >= 11 is 1.60. The van der Waals surface area contributed by atoms with E-state index in [4.69, 9.17) is 5.73 Å². The SMILES string of the molecule is CCC[C@@H](N)C(=O)Nc1nc2c(s1)CCCC2. The van der Waals surface area contributed by atoms with Crippen molar-refractivity contribution >= 4 is 22.4 Å². The van der Waals surface area contributed by atoms with Crippen LogP contribution >= 0.6 is 11.3 Å². The fourth-order valence-electron chi connectivity index (χ4n) is 2.05. The molecule has 3 N–H and O–H groups in total. The van der Waals surface area contributed by atoms with Gasteiger partial charge in [-0.25, -0.2) is 4.98 Å². The molecule has 1 aromatic heterocycles. The van der Waals surface area contributed by atoms with Crippen LogP contribution in [0, 0.1) is 0 Å². The van der Waals surface area contributed by atoms with Gasteiger partial charge < -0.3 is 11.1 Å². The van der Waals surface area contributed by atoms with Gasteiger partial charge in [0.25, 0.3) is 0 Å². The third-order valence-corrected chi connectivity index (χ3v) is 4.09. The molecule has 0 aliphatic heterocycles. The van der Waals surface area contributed by atoms with Gasteiger partial charge in [0.15, 0.2) is 5.13 Å². The van der Waals surface area contributed by atoms with E-state index in [1.165, 1.54) is 23.4 Å². The summed E-state index contributed by atoms with van der Waals surface area (Å²) < 4.78 is 0. The smallest absolute Gasteiger partial charge is 0.243 e. The van der Waals surface area contributed by atoms with Gasteiger partial charge in [0.05, 0.1) is 11.7 Å². The first kappa shape index (κ1) is 12.5. The average molecular weight is 253 g/mol. The molecule has 1 heterocycles. The van der Waals surface area contributed by atoms with Crippen LogP contribution in [0.3, 0.4) is 0 Å². The molecular formula is C12H19N3OS. The highest BCUT2D eigenvalue weighted by atomic mass is 32.1. The maximum atomic E-state index is 11.7. The van der Waals surface area contributed by atoms with Crippen LogP contribution in [0.15, 0.2) is 0 Å². The van der Waals surface area contributed by atoms with Crippen molar-refractivity contribution < 1.29 is 4.79 Å². The standard InChI is InChI=1S/C12H19N3OS/c1-2-5-8(13)11(16)15-12-14-9-6-3-4-7-10(9)17-12/h8H,2-7,13H2,1H3,(H,14,15,16)/t8-/m1/s1. The summed E-state index contributed by atoms with van der Waals surface area (Å²) in [5, 5.41) is 3.54. The van der Waals surface area contributed by atoms with Crippen molar-refractivity contribution in [2.75, 3.05) is 5.32 Å². The normalized spacial score (nSPS) is 16.4. The summed E-state index contributed by atoms with van der Waals surface area (Å²) in [5.41, 5.74) is 6.93. The number of hydrogen-bond acceptors (Lipinski definition) is 4. The summed E-state index contributed by atoms with van der Waals surface area (Å²) in [6.45, 7) is 2.02. The molecule has 0 spiro atoms. The van der Waals surface area contributed by atoms with Crippen molar-refractivity contribution in [3.8, 4) is 0 Å². The van der Waals surface area contributed by atoms with Gasteiger partial charge in [-0.05, 0) is 32.1 Å². The summed E-state index contributed by atoms with van der Waals surface area (Å²) in [6, 6.07) is -0.416. The van der Waals surface area contributed by atoms with E-state index in [0.717, 1.165) is 25.7 Å². The number of carbonyl (C=O) groups is 1. The Kier molecular flexibility index (Phi) is 4.12. The number of hydrogen-bond donors (Lipinski definition) is 2. The van der Waals surface area contributed by atoms with Gasteiger partial charge in [-0.2, -0.15) is 0 Å². The van der Waals surface area contributed by atoms with E-state index in [0.29, 0.717) is 5.13 Å². The highest BCUT2D eigenvalue weighted by Gasteiger charge is 2.18. The Morgan fingerprint density at radius 3 is 3.00 bits per heavy atom. The quantitative estimate of drug-likeness (QED) is 0.863. The zero-order valence-electron chi connectivity index (χ0n) is 10.2. The average Bonchev–Trinajstić information content (AvgIpc) is 2.71. The van der Waals surface area contributed by atoms with Gasteiger partial charge in [0.2, 0.25) is 5.91 Å². The number of aromatic nitrogens is 1. The molecule has 0 saturated heterocycles. The minimum absolute atomic E-state index is 0.113.